The maximum absolute atomic E-state index is 2.55. The van der Waals surface area contributed by atoms with E-state index >= 15 is 0 Å². The van der Waals surface area contributed by atoms with E-state index < -0.39 is 0 Å². The molecule has 0 amide bonds. The molecule has 82 valence electrons. The molecule has 4 atom stereocenters. The fraction of sp³-hybridized carbons (Fsp3) is 1.00. The largest absolute Gasteiger partial charge is 0.0651 e. The first kappa shape index (κ1) is 10.5. The molecule has 2 fully saturated rings. The summed E-state index contributed by atoms with van der Waals surface area (Å²) in [6, 6.07) is 0. The topological polar surface area (TPSA) is 0 Å². The fourth-order valence-corrected chi connectivity index (χ4v) is 4.67. The van der Waals surface area contributed by atoms with Gasteiger partial charge in [-0.05, 0) is 47.8 Å². The predicted molar refractivity (Wildman–Crippen MR) is 62.2 cm³/mol. The molecule has 2 rings (SSSR count). The third-order valence-electron chi connectivity index (χ3n) is 6.25. The monoisotopic (exact) mass is 194 g/mol. The SMILES string of the molecule is CCC1CC2CC1C(C)(C)C2(C)CC. The zero-order chi connectivity index (χ0) is 10.6. The van der Waals surface area contributed by atoms with Crippen LogP contribution in [0.5, 0.6) is 0 Å². The summed E-state index contributed by atoms with van der Waals surface area (Å²) < 4.78 is 0. The Hall–Kier alpha value is 0. The number of fused-ring (bicyclic) bond motifs is 2. The second-order valence-corrected chi connectivity index (χ2v) is 6.44. The van der Waals surface area contributed by atoms with E-state index in [1.54, 1.807) is 0 Å². The number of hydrogen-bond acceptors (Lipinski definition) is 0. The predicted octanol–water partition coefficient (Wildman–Crippen LogP) is 4.49. The summed E-state index contributed by atoms with van der Waals surface area (Å²) in [4.78, 5) is 0. The molecule has 0 N–H and O–H groups in total. The molecule has 14 heavy (non-hydrogen) atoms. The Morgan fingerprint density at radius 1 is 1.07 bits per heavy atom. The van der Waals surface area contributed by atoms with Gasteiger partial charge in [-0.25, -0.2) is 0 Å². The van der Waals surface area contributed by atoms with E-state index in [0.717, 1.165) is 17.8 Å². The standard InChI is InChI=1S/C14H26/c1-6-10-8-11-9-12(10)13(3,4)14(11,5)7-2/h10-12H,6-9H2,1-5H3. The molecule has 0 saturated heterocycles. The summed E-state index contributed by atoms with van der Waals surface area (Å²) in [5.74, 6) is 3.08. The van der Waals surface area contributed by atoms with E-state index in [4.69, 9.17) is 0 Å². The van der Waals surface area contributed by atoms with Crippen LogP contribution in [0.15, 0.2) is 0 Å². The minimum atomic E-state index is 0.589. The molecule has 0 nitrogen and oxygen atoms in total. The minimum absolute atomic E-state index is 0.589. The molecule has 0 aliphatic heterocycles. The zero-order valence-corrected chi connectivity index (χ0v) is 10.6. The summed E-state index contributed by atoms with van der Waals surface area (Å²) in [7, 11) is 0. The van der Waals surface area contributed by atoms with Crippen molar-refractivity contribution in [3.8, 4) is 0 Å². The highest BCUT2D eigenvalue weighted by molar-refractivity contribution is 5.10. The molecule has 2 aliphatic rings. The summed E-state index contributed by atoms with van der Waals surface area (Å²) in [6.07, 6.45) is 5.83. The highest BCUT2D eigenvalue weighted by Gasteiger charge is 2.61. The average molecular weight is 194 g/mol. The Morgan fingerprint density at radius 2 is 1.71 bits per heavy atom. The van der Waals surface area contributed by atoms with E-state index in [-0.39, 0.29) is 0 Å². The zero-order valence-electron chi connectivity index (χ0n) is 10.6. The van der Waals surface area contributed by atoms with Crippen LogP contribution in [0.2, 0.25) is 0 Å². The Labute approximate surface area is 89.5 Å². The first-order valence-corrected chi connectivity index (χ1v) is 6.47. The van der Waals surface area contributed by atoms with Crippen molar-refractivity contribution < 1.29 is 0 Å². The van der Waals surface area contributed by atoms with Crippen LogP contribution in [-0.4, -0.2) is 0 Å². The van der Waals surface area contributed by atoms with Gasteiger partial charge in [0.25, 0.3) is 0 Å². The van der Waals surface area contributed by atoms with Gasteiger partial charge >= 0.3 is 0 Å². The third kappa shape index (κ3) is 1.01. The quantitative estimate of drug-likeness (QED) is 0.607. The van der Waals surface area contributed by atoms with Crippen molar-refractivity contribution in [2.24, 2.45) is 28.6 Å². The summed E-state index contributed by atoms with van der Waals surface area (Å²) in [5, 5.41) is 0. The van der Waals surface area contributed by atoms with Gasteiger partial charge in [-0.15, -0.1) is 0 Å². The van der Waals surface area contributed by atoms with Crippen molar-refractivity contribution >= 4 is 0 Å². The lowest BCUT2D eigenvalue weighted by Crippen LogP contribution is -2.43. The smallest absolute Gasteiger partial charge is 0.0246 e. The molecule has 0 heterocycles. The van der Waals surface area contributed by atoms with Crippen LogP contribution < -0.4 is 0 Å². The normalized spacial score (nSPS) is 49.9. The van der Waals surface area contributed by atoms with Gasteiger partial charge in [0.1, 0.15) is 0 Å². The van der Waals surface area contributed by atoms with Gasteiger partial charge < -0.3 is 0 Å². The van der Waals surface area contributed by atoms with Gasteiger partial charge in [-0.1, -0.05) is 41.0 Å². The number of hydrogen-bond donors (Lipinski definition) is 0. The highest BCUT2D eigenvalue weighted by atomic mass is 14.7. The summed E-state index contributed by atoms with van der Waals surface area (Å²) in [6.45, 7) is 12.4. The lowest BCUT2D eigenvalue weighted by Gasteiger charge is -2.50. The molecule has 4 unspecified atom stereocenters. The summed E-state index contributed by atoms with van der Waals surface area (Å²) in [5.41, 5.74) is 1.22. The fourth-order valence-electron chi connectivity index (χ4n) is 4.67. The van der Waals surface area contributed by atoms with E-state index in [0.29, 0.717) is 10.8 Å². The Kier molecular flexibility index (Phi) is 2.25. The maximum Gasteiger partial charge on any atom is -0.0246 e. The van der Waals surface area contributed by atoms with Crippen LogP contribution in [0.25, 0.3) is 0 Å². The third-order valence-corrected chi connectivity index (χ3v) is 6.25. The van der Waals surface area contributed by atoms with Gasteiger partial charge in [0.2, 0.25) is 0 Å². The molecule has 2 bridgehead atoms. The lowest BCUT2D eigenvalue weighted by atomic mass is 9.55. The lowest BCUT2D eigenvalue weighted by molar-refractivity contribution is -0.0124. The van der Waals surface area contributed by atoms with Gasteiger partial charge in [0, 0.05) is 0 Å². The van der Waals surface area contributed by atoms with Gasteiger partial charge in [0.05, 0.1) is 0 Å². The highest BCUT2D eigenvalue weighted by Crippen LogP contribution is 2.69. The average Bonchev–Trinajstić information content (AvgIpc) is 2.66. The first-order valence-electron chi connectivity index (χ1n) is 6.47. The molecule has 0 aromatic rings. The molecular weight excluding hydrogens is 168 g/mol. The Balaban J connectivity index is 2.30. The van der Waals surface area contributed by atoms with Crippen molar-refractivity contribution in [1.82, 2.24) is 0 Å². The summed E-state index contributed by atoms with van der Waals surface area (Å²) >= 11 is 0. The van der Waals surface area contributed by atoms with Gasteiger partial charge in [0.15, 0.2) is 0 Å². The van der Waals surface area contributed by atoms with Crippen molar-refractivity contribution in [2.75, 3.05) is 0 Å². The van der Waals surface area contributed by atoms with E-state index in [9.17, 15) is 0 Å². The van der Waals surface area contributed by atoms with Crippen LogP contribution in [-0.2, 0) is 0 Å². The molecule has 2 aliphatic carbocycles. The van der Waals surface area contributed by atoms with Crippen LogP contribution >= 0.6 is 0 Å². The Morgan fingerprint density at radius 3 is 2.14 bits per heavy atom. The molecule has 0 aromatic carbocycles. The molecule has 0 spiro atoms. The van der Waals surface area contributed by atoms with E-state index in [1.165, 1.54) is 25.7 Å². The van der Waals surface area contributed by atoms with Crippen molar-refractivity contribution in [3.63, 3.8) is 0 Å². The van der Waals surface area contributed by atoms with E-state index in [1.807, 2.05) is 0 Å². The second-order valence-electron chi connectivity index (χ2n) is 6.44. The van der Waals surface area contributed by atoms with Crippen LogP contribution in [0.3, 0.4) is 0 Å². The van der Waals surface area contributed by atoms with Gasteiger partial charge in [-0.2, -0.15) is 0 Å². The van der Waals surface area contributed by atoms with Crippen molar-refractivity contribution in [3.05, 3.63) is 0 Å². The first-order chi connectivity index (χ1) is 6.47. The van der Waals surface area contributed by atoms with Gasteiger partial charge in [-0.3, -0.25) is 0 Å². The van der Waals surface area contributed by atoms with Crippen LogP contribution in [0.4, 0.5) is 0 Å². The molecule has 0 radical (unpaired) electrons. The molecular formula is C14H26. The molecule has 2 saturated carbocycles. The molecule has 0 heteroatoms. The van der Waals surface area contributed by atoms with Crippen LogP contribution in [0, 0.1) is 28.6 Å². The van der Waals surface area contributed by atoms with Crippen molar-refractivity contribution in [2.45, 2.75) is 60.3 Å². The van der Waals surface area contributed by atoms with E-state index in [2.05, 4.69) is 34.6 Å². The van der Waals surface area contributed by atoms with Crippen LogP contribution in [0.1, 0.15) is 60.3 Å². The second kappa shape index (κ2) is 3.00. The van der Waals surface area contributed by atoms with Crippen molar-refractivity contribution in [1.29, 1.82) is 0 Å². The maximum atomic E-state index is 2.55. The Bertz CT molecular complexity index is 228. The molecule has 0 aromatic heterocycles. The minimum Gasteiger partial charge on any atom is -0.0651 e. The number of rotatable bonds is 2.